The molecule has 0 aliphatic carbocycles. The van der Waals surface area contributed by atoms with E-state index in [1.54, 1.807) is 12.1 Å². The van der Waals surface area contributed by atoms with E-state index in [-0.39, 0.29) is 22.9 Å². The molecule has 0 saturated heterocycles. The van der Waals surface area contributed by atoms with E-state index in [4.69, 9.17) is 16.9 Å². The van der Waals surface area contributed by atoms with Crippen molar-refractivity contribution in [2.75, 3.05) is 11.1 Å². The zero-order valence-corrected chi connectivity index (χ0v) is 20.0. The molecule has 1 heterocycles. The van der Waals surface area contributed by atoms with E-state index < -0.39 is 5.97 Å². The van der Waals surface area contributed by atoms with Crippen molar-refractivity contribution < 1.29 is 9.90 Å². The molecule has 0 spiro atoms. The molecular weight excluding hydrogens is 448 g/mol. The number of aromatic carboxylic acids is 1. The van der Waals surface area contributed by atoms with Gasteiger partial charge in [-0.15, -0.1) is 0 Å². The van der Waals surface area contributed by atoms with Crippen LogP contribution in [0.4, 0.5) is 11.4 Å². The maximum Gasteiger partial charge on any atom is 0.336 e. The van der Waals surface area contributed by atoms with Crippen molar-refractivity contribution in [2.24, 2.45) is 5.73 Å². The van der Waals surface area contributed by atoms with Gasteiger partial charge in [0.25, 0.3) is 0 Å². The van der Waals surface area contributed by atoms with Gasteiger partial charge in [0.2, 0.25) is 0 Å². The molecule has 180 valence electrons. The molecule has 0 bridgehead atoms. The molecular formula is C30H28N4O2. The van der Waals surface area contributed by atoms with Crippen LogP contribution in [0, 0.1) is 5.41 Å². The third kappa shape index (κ3) is 4.07. The van der Waals surface area contributed by atoms with E-state index in [0.29, 0.717) is 16.8 Å². The van der Waals surface area contributed by atoms with Gasteiger partial charge in [0.15, 0.2) is 0 Å². The minimum absolute atomic E-state index is 0.0205. The lowest BCUT2D eigenvalue weighted by Crippen LogP contribution is -2.35. The van der Waals surface area contributed by atoms with Gasteiger partial charge < -0.3 is 21.9 Å². The number of rotatable bonds is 5. The highest BCUT2D eigenvalue weighted by atomic mass is 16.4. The number of carboxylic acids is 1. The summed E-state index contributed by atoms with van der Waals surface area (Å²) in [6.45, 7) is 2.23. The number of benzene rings is 4. The molecule has 1 aliphatic rings. The minimum Gasteiger partial charge on any atom is -0.478 e. The van der Waals surface area contributed by atoms with Gasteiger partial charge in [0.05, 0.1) is 11.6 Å². The Morgan fingerprint density at radius 1 is 1.00 bits per heavy atom. The van der Waals surface area contributed by atoms with Crippen molar-refractivity contribution in [3.05, 3.63) is 119 Å². The highest BCUT2D eigenvalue weighted by molar-refractivity contribution is 5.97. The van der Waals surface area contributed by atoms with E-state index in [1.165, 1.54) is 11.6 Å². The number of carboxylic acid groups (broad SMARTS) is 1. The SMILES string of the molecule is CC1(c2ccccc2)CC(c2cccc(-c3ccc(N)cc3C(=O)O)c2)Nc2ccc(C(=N)N)cc21. The summed E-state index contributed by atoms with van der Waals surface area (Å²) in [5, 5.41) is 21.4. The van der Waals surface area contributed by atoms with Crippen LogP contribution >= 0.6 is 0 Å². The quantitative estimate of drug-likeness (QED) is 0.142. The first-order chi connectivity index (χ1) is 17.3. The van der Waals surface area contributed by atoms with Crippen LogP contribution in [0.3, 0.4) is 0 Å². The Hall–Kier alpha value is -4.58. The fourth-order valence-electron chi connectivity index (χ4n) is 5.25. The predicted octanol–water partition coefficient (Wildman–Crippen LogP) is 5.78. The lowest BCUT2D eigenvalue weighted by molar-refractivity contribution is 0.0697. The molecule has 4 aromatic carbocycles. The first kappa shape index (κ1) is 23.2. The second kappa shape index (κ2) is 8.89. The smallest absolute Gasteiger partial charge is 0.336 e. The Morgan fingerprint density at radius 3 is 2.50 bits per heavy atom. The molecule has 36 heavy (non-hydrogen) atoms. The standard InChI is InChI=1S/C30H28N4O2/c1-30(21-8-3-2-4-9-21)17-27(34-26-13-10-20(28(32)33)15-25(26)30)19-7-5-6-18(14-19)23-12-11-22(31)16-24(23)29(35)36/h2-16,27,34H,17,31H2,1H3,(H3,32,33)(H,35,36). The number of hydrogen-bond acceptors (Lipinski definition) is 4. The van der Waals surface area contributed by atoms with Crippen LogP contribution in [0.25, 0.3) is 11.1 Å². The summed E-state index contributed by atoms with van der Waals surface area (Å²) in [5.74, 6) is -0.967. The first-order valence-electron chi connectivity index (χ1n) is 11.8. The molecule has 6 nitrogen and oxygen atoms in total. The summed E-state index contributed by atoms with van der Waals surface area (Å²) in [5.41, 5.74) is 18.4. The zero-order chi connectivity index (χ0) is 25.4. The monoisotopic (exact) mass is 476 g/mol. The van der Waals surface area contributed by atoms with E-state index in [1.807, 2.05) is 48.5 Å². The van der Waals surface area contributed by atoms with E-state index in [2.05, 4.69) is 36.5 Å². The zero-order valence-electron chi connectivity index (χ0n) is 20.0. The number of fused-ring (bicyclic) bond motifs is 1. The molecule has 0 amide bonds. The van der Waals surface area contributed by atoms with Crippen molar-refractivity contribution in [3.63, 3.8) is 0 Å². The molecule has 0 radical (unpaired) electrons. The molecule has 0 saturated carbocycles. The summed E-state index contributed by atoms with van der Waals surface area (Å²) in [7, 11) is 0. The summed E-state index contributed by atoms with van der Waals surface area (Å²) in [6.07, 6.45) is 0.766. The van der Waals surface area contributed by atoms with Gasteiger partial charge in [-0.3, -0.25) is 5.41 Å². The van der Waals surface area contributed by atoms with Crippen LogP contribution in [0.1, 0.15) is 52.0 Å². The van der Waals surface area contributed by atoms with Crippen LogP contribution < -0.4 is 16.8 Å². The molecule has 5 rings (SSSR count). The molecule has 1 aliphatic heterocycles. The van der Waals surface area contributed by atoms with Crippen molar-refractivity contribution >= 4 is 23.2 Å². The van der Waals surface area contributed by atoms with Crippen LogP contribution in [-0.2, 0) is 5.41 Å². The maximum absolute atomic E-state index is 11.9. The summed E-state index contributed by atoms with van der Waals surface area (Å²) < 4.78 is 0. The fourth-order valence-corrected chi connectivity index (χ4v) is 5.25. The Labute approximate surface area is 210 Å². The number of carbonyl (C=O) groups is 1. The Bertz CT molecular complexity index is 1480. The van der Waals surface area contributed by atoms with E-state index in [9.17, 15) is 9.90 Å². The maximum atomic E-state index is 11.9. The second-order valence-electron chi connectivity index (χ2n) is 9.51. The van der Waals surface area contributed by atoms with E-state index in [0.717, 1.165) is 28.8 Å². The lowest BCUT2D eigenvalue weighted by atomic mass is 9.68. The van der Waals surface area contributed by atoms with Gasteiger partial charge in [-0.2, -0.15) is 0 Å². The number of nitrogens with two attached hydrogens (primary N) is 2. The third-order valence-electron chi connectivity index (χ3n) is 7.15. The van der Waals surface area contributed by atoms with Gasteiger partial charge in [0, 0.05) is 22.4 Å². The van der Waals surface area contributed by atoms with Gasteiger partial charge in [-0.1, -0.05) is 61.5 Å². The molecule has 2 atom stereocenters. The van der Waals surface area contributed by atoms with Crippen molar-refractivity contribution in [2.45, 2.75) is 24.8 Å². The Morgan fingerprint density at radius 2 is 1.78 bits per heavy atom. The molecule has 2 unspecified atom stereocenters. The summed E-state index contributed by atoms with van der Waals surface area (Å²) in [6, 6.07) is 29.2. The third-order valence-corrected chi connectivity index (χ3v) is 7.15. The average Bonchev–Trinajstić information content (AvgIpc) is 2.89. The first-order valence-corrected chi connectivity index (χ1v) is 11.8. The normalized spacial score (nSPS) is 18.6. The van der Waals surface area contributed by atoms with Gasteiger partial charge in [-0.25, -0.2) is 4.79 Å². The highest BCUT2D eigenvalue weighted by Gasteiger charge is 2.39. The lowest BCUT2D eigenvalue weighted by Gasteiger charge is -2.42. The molecule has 6 heteroatoms. The average molecular weight is 477 g/mol. The largest absolute Gasteiger partial charge is 0.478 e. The van der Waals surface area contributed by atoms with Crippen LogP contribution in [0.5, 0.6) is 0 Å². The van der Waals surface area contributed by atoms with Crippen LogP contribution in [-0.4, -0.2) is 16.9 Å². The summed E-state index contributed by atoms with van der Waals surface area (Å²) >= 11 is 0. The van der Waals surface area contributed by atoms with Crippen molar-refractivity contribution in [1.29, 1.82) is 5.41 Å². The Balaban J connectivity index is 1.61. The number of nitrogens with one attached hydrogen (secondary N) is 2. The van der Waals surface area contributed by atoms with Gasteiger partial charge in [0.1, 0.15) is 5.84 Å². The molecule has 0 fully saturated rings. The summed E-state index contributed by atoms with van der Waals surface area (Å²) in [4.78, 5) is 11.9. The molecule has 4 aromatic rings. The topological polar surface area (TPSA) is 125 Å². The Kier molecular flexibility index (Phi) is 5.72. The number of anilines is 2. The van der Waals surface area contributed by atoms with Gasteiger partial charge in [-0.05, 0) is 70.6 Å². The van der Waals surface area contributed by atoms with Crippen molar-refractivity contribution in [3.8, 4) is 11.1 Å². The predicted molar refractivity (Wildman–Crippen MR) is 145 cm³/mol. The highest BCUT2D eigenvalue weighted by Crippen LogP contribution is 2.48. The number of amidine groups is 1. The minimum atomic E-state index is -1.01. The van der Waals surface area contributed by atoms with E-state index >= 15 is 0 Å². The molecule has 0 aromatic heterocycles. The van der Waals surface area contributed by atoms with Crippen LogP contribution in [0.15, 0.2) is 91.0 Å². The van der Waals surface area contributed by atoms with Crippen LogP contribution in [0.2, 0.25) is 0 Å². The molecule has 7 N–H and O–H groups in total. The van der Waals surface area contributed by atoms with Gasteiger partial charge >= 0.3 is 5.97 Å². The fraction of sp³-hybridized carbons (Fsp3) is 0.133. The number of nitrogen functional groups attached to an aromatic ring is 2. The van der Waals surface area contributed by atoms with Crippen molar-refractivity contribution in [1.82, 2.24) is 0 Å². The second-order valence-corrected chi connectivity index (χ2v) is 9.51. The number of hydrogen-bond donors (Lipinski definition) is 5.